The van der Waals surface area contributed by atoms with Crippen LogP contribution in [0.1, 0.15) is 120 Å². The first-order valence-electron chi connectivity index (χ1n) is 24.7. The van der Waals surface area contributed by atoms with Gasteiger partial charge in [-0.15, -0.1) is 0 Å². The number of carbonyl (C=O) groups is 9. The van der Waals surface area contributed by atoms with E-state index >= 15 is 0 Å². The third-order valence-corrected chi connectivity index (χ3v) is 11.4. The van der Waals surface area contributed by atoms with E-state index in [9.17, 15) is 43.2 Å². The molecule has 410 valence electrons. The van der Waals surface area contributed by atoms with Crippen molar-refractivity contribution in [1.29, 1.82) is 0 Å². The van der Waals surface area contributed by atoms with E-state index in [-0.39, 0.29) is 11.5 Å². The second-order valence-corrected chi connectivity index (χ2v) is 19.8. The van der Waals surface area contributed by atoms with Crippen LogP contribution in [-0.2, 0) is 57.4 Å². The number of esters is 6. The fourth-order valence-corrected chi connectivity index (χ4v) is 7.05. The molecule has 2 fully saturated rings. The zero-order valence-corrected chi connectivity index (χ0v) is 45.0. The molecular formula is C58H70O18. The van der Waals surface area contributed by atoms with Gasteiger partial charge in [0.05, 0.1) is 0 Å². The SMILES string of the molecule is C=C(C)C(=O)Oc1ccc(OCC(=O)C(=O)OC(C)(C)C)cc1.C=C(C)C(=O)Oc1ccc(OCC(=O)C(=O)OC2(C(C)C)CCCC2)cc1.C=C(C)C(=O)Oc1ccc(OCC(=O)C(=O)OC2(C)CCCCC2)cc1. The third kappa shape index (κ3) is 21.9. The van der Waals surface area contributed by atoms with Gasteiger partial charge in [0.25, 0.3) is 17.3 Å². The first-order valence-corrected chi connectivity index (χ1v) is 24.7. The fourth-order valence-electron chi connectivity index (χ4n) is 7.05. The Kier molecular flexibility index (Phi) is 24.0. The average Bonchev–Trinajstić information content (AvgIpc) is 3.85. The minimum atomic E-state index is -0.940. The number of hydrogen-bond donors (Lipinski definition) is 0. The molecule has 2 aliphatic rings. The lowest BCUT2D eigenvalue weighted by molar-refractivity contribution is -0.170. The quantitative estimate of drug-likeness (QED) is 0.0317. The number of benzene rings is 3. The summed E-state index contributed by atoms with van der Waals surface area (Å²) in [7, 11) is 0. The zero-order valence-electron chi connectivity index (χ0n) is 45.0. The minimum absolute atomic E-state index is 0.159. The molecule has 0 N–H and O–H groups in total. The highest BCUT2D eigenvalue weighted by Crippen LogP contribution is 2.39. The van der Waals surface area contributed by atoms with Gasteiger partial charge < -0.3 is 42.6 Å². The summed E-state index contributed by atoms with van der Waals surface area (Å²) in [6, 6.07) is 18.4. The molecule has 3 aromatic carbocycles. The van der Waals surface area contributed by atoms with Crippen molar-refractivity contribution in [2.45, 2.75) is 137 Å². The standard InChI is InChI=1S/C21H26O6.C20H24O6.C17H20O6/c1-14(2)19(23)26-17-9-7-16(8-10-17)25-13-18(22)20(24)27-21(15(3)4)11-5-6-12-21;1-14(2)18(22)25-16-9-7-15(8-10-16)24-13-17(21)19(23)26-20(3)11-5-4-6-12-20;1-11(2)15(19)22-13-8-6-12(7-9-13)21-10-14(18)16(20)23-17(3,4)5/h7-10,15H,1,5-6,11-13H2,2-4H3;7-10H,1,4-6,11-13H2,2-3H3;6-9H,1,10H2,2-5H3. The van der Waals surface area contributed by atoms with Crippen molar-refractivity contribution in [1.82, 2.24) is 0 Å². The van der Waals surface area contributed by atoms with Gasteiger partial charge >= 0.3 is 35.8 Å². The number of carbonyl (C=O) groups excluding carboxylic acids is 9. The second-order valence-electron chi connectivity index (χ2n) is 19.8. The molecule has 0 aromatic heterocycles. The first kappa shape index (κ1) is 62.4. The summed E-state index contributed by atoms with van der Waals surface area (Å²) in [5.41, 5.74) is -0.960. The van der Waals surface area contributed by atoms with Crippen LogP contribution in [0.4, 0.5) is 0 Å². The molecule has 2 saturated carbocycles. The van der Waals surface area contributed by atoms with Gasteiger partial charge in [-0.3, -0.25) is 14.4 Å². The maximum Gasteiger partial charge on any atom is 0.378 e. The summed E-state index contributed by atoms with van der Waals surface area (Å²) in [6.45, 7) is 24.8. The van der Waals surface area contributed by atoms with Crippen molar-refractivity contribution in [3.8, 4) is 34.5 Å². The number of ether oxygens (including phenoxy) is 9. The van der Waals surface area contributed by atoms with Gasteiger partial charge in [0.15, 0.2) is 19.8 Å². The molecule has 18 heteroatoms. The van der Waals surface area contributed by atoms with Gasteiger partial charge in [-0.05, 0) is 179 Å². The van der Waals surface area contributed by atoms with E-state index in [1.54, 1.807) is 65.8 Å². The minimum Gasteiger partial charge on any atom is -0.485 e. The van der Waals surface area contributed by atoms with Crippen LogP contribution >= 0.6 is 0 Å². The predicted molar refractivity (Wildman–Crippen MR) is 278 cm³/mol. The normalized spacial score (nSPS) is 14.0. The number of hydrogen-bond acceptors (Lipinski definition) is 18. The van der Waals surface area contributed by atoms with E-state index in [2.05, 4.69) is 19.7 Å². The molecule has 0 saturated heterocycles. The van der Waals surface area contributed by atoms with E-state index in [1.165, 1.54) is 48.5 Å². The van der Waals surface area contributed by atoms with Crippen molar-refractivity contribution >= 4 is 53.2 Å². The van der Waals surface area contributed by atoms with Gasteiger partial charge in [-0.25, -0.2) is 28.8 Å². The van der Waals surface area contributed by atoms with Crippen LogP contribution in [0.25, 0.3) is 0 Å². The van der Waals surface area contributed by atoms with Crippen molar-refractivity contribution in [3.05, 3.63) is 109 Å². The van der Waals surface area contributed by atoms with E-state index in [1.807, 2.05) is 20.8 Å². The lowest BCUT2D eigenvalue weighted by Gasteiger charge is -2.32. The molecule has 0 atom stereocenters. The van der Waals surface area contributed by atoms with E-state index in [0.29, 0.717) is 45.6 Å². The van der Waals surface area contributed by atoms with Crippen LogP contribution in [0.2, 0.25) is 0 Å². The van der Waals surface area contributed by atoms with Crippen LogP contribution in [0.3, 0.4) is 0 Å². The Morgan fingerprint density at radius 3 is 1.04 bits per heavy atom. The molecule has 76 heavy (non-hydrogen) atoms. The Balaban J connectivity index is 0.000000301. The number of rotatable bonds is 21. The summed E-state index contributed by atoms with van der Waals surface area (Å²) in [5.74, 6) is -4.18. The summed E-state index contributed by atoms with van der Waals surface area (Å²) >= 11 is 0. The predicted octanol–water partition coefficient (Wildman–Crippen LogP) is 9.47. The van der Waals surface area contributed by atoms with Crippen molar-refractivity contribution in [2.24, 2.45) is 5.92 Å². The maximum atomic E-state index is 12.2. The molecule has 0 heterocycles. The van der Waals surface area contributed by atoms with Gasteiger partial charge in [0, 0.05) is 16.7 Å². The molecule has 5 rings (SSSR count). The lowest BCUT2D eigenvalue weighted by Crippen LogP contribution is -2.40. The Bertz CT molecular complexity index is 2570. The highest BCUT2D eigenvalue weighted by Gasteiger charge is 2.42. The van der Waals surface area contributed by atoms with Gasteiger partial charge in [-0.1, -0.05) is 40.0 Å². The van der Waals surface area contributed by atoms with Crippen LogP contribution < -0.4 is 28.4 Å². The monoisotopic (exact) mass is 1050 g/mol. The summed E-state index contributed by atoms with van der Waals surface area (Å²) in [5, 5.41) is 0. The smallest absolute Gasteiger partial charge is 0.378 e. The first-order chi connectivity index (χ1) is 35.6. The molecule has 0 radical (unpaired) electrons. The largest absolute Gasteiger partial charge is 0.485 e. The third-order valence-electron chi connectivity index (χ3n) is 11.4. The Morgan fingerprint density at radius 2 is 0.737 bits per heavy atom. The molecular weight excluding hydrogens is 985 g/mol. The molecule has 2 aliphatic carbocycles. The highest BCUT2D eigenvalue weighted by molar-refractivity contribution is 6.35. The number of Topliss-reactive ketones (excluding diaryl/α,β-unsaturated/α-hetero) is 3. The summed E-state index contributed by atoms with van der Waals surface area (Å²) < 4.78 is 46.9. The van der Waals surface area contributed by atoms with Crippen LogP contribution in [0, 0.1) is 5.92 Å². The van der Waals surface area contributed by atoms with Gasteiger partial charge in [-0.2, -0.15) is 0 Å². The Labute approximate surface area is 444 Å². The van der Waals surface area contributed by atoms with E-state index in [0.717, 1.165) is 57.8 Å². The second kappa shape index (κ2) is 29.3. The van der Waals surface area contributed by atoms with Crippen LogP contribution in [0.5, 0.6) is 34.5 Å². The molecule has 0 unspecified atom stereocenters. The highest BCUT2D eigenvalue weighted by atomic mass is 16.6. The van der Waals surface area contributed by atoms with Crippen LogP contribution in [0.15, 0.2) is 109 Å². The Morgan fingerprint density at radius 1 is 0.447 bits per heavy atom. The molecule has 18 nitrogen and oxygen atoms in total. The molecule has 0 aliphatic heterocycles. The van der Waals surface area contributed by atoms with Gasteiger partial charge in [0.1, 0.15) is 51.3 Å². The molecule has 0 amide bonds. The Hall–Kier alpha value is -7.89. The fraction of sp³-hybridized carbons (Fsp3) is 0.431. The van der Waals surface area contributed by atoms with E-state index in [4.69, 9.17) is 42.6 Å². The summed E-state index contributed by atoms with van der Waals surface area (Å²) in [6.07, 6.45) is 8.24. The van der Waals surface area contributed by atoms with Crippen molar-refractivity contribution < 1.29 is 85.8 Å². The molecule has 0 spiro atoms. The van der Waals surface area contributed by atoms with E-state index < -0.39 is 89.8 Å². The van der Waals surface area contributed by atoms with Gasteiger partial charge in [0.2, 0.25) is 0 Å². The topological polar surface area (TPSA) is 237 Å². The van der Waals surface area contributed by atoms with Crippen molar-refractivity contribution in [2.75, 3.05) is 19.8 Å². The lowest BCUT2D eigenvalue weighted by atomic mass is 9.86. The summed E-state index contributed by atoms with van der Waals surface area (Å²) in [4.78, 5) is 105. The van der Waals surface area contributed by atoms with Crippen LogP contribution in [-0.4, -0.2) is 89.8 Å². The maximum absolute atomic E-state index is 12.2. The van der Waals surface area contributed by atoms with Crippen molar-refractivity contribution in [3.63, 3.8) is 0 Å². The number of ketones is 3. The average molecular weight is 1060 g/mol. The molecule has 3 aromatic rings. The zero-order chi connectivity index (χ0) is 56.8. The molecule has 0 bridgehead atoms.